The van der Waals surface area contributed by atoms with E-state index in [1.54, 1.807) is 19.1 Å². The van der Waals surface area contributed by atoms with Gasteiger partial charge in [0.05, 0.1) is 12.8 Å². The van der Waals surface area contributed by atoms with Crippen molar-refractivity contribution in [3.8, 4) is 5.75 Å². The number of amides is 2. The van der Waals surface area contributed by atoms with Crippen LogP contribution in [0.4, 0.5) is 4.79 Å². The summed E-state index contributed by atoms with van der Waals surface area (Å²) < 4.78 is 9.59. The fraction of sp³-hybridized carbons (Fsp3) is 0.278. The van der Waals surface area contributed by atoms with Crippen LogP contribution in [0.25, 0.3) is 0 Å². The second kappa shape index (κ2) is 10.5. The Morgan fingerprint density at radius 1 is 1.00 bits per heavy atom. The van der Waals surface area contributed by atoms with E-state index in [9.17, 15) is 14.4 Å². The summed E-state index contributed by atoms with van der Waals surface area (Å²) in [7, 11) is 0. The van der Waals surface area contributed by atoms with Gasteiger partial charge in [-0.05, 0) is 37.6 Å². The predicted molar refractivity (Wildman–Crippen MR) is 95.4 cm³/mol. The molecule has 142 valence electrons. The Morgan fingerprint density at radius 3 is 2.33 bits per heavy atom. The topological polar surface area (TPSA) is 120 Å². The second-order valence-electron chi connectivity index (χ2n) is 5.27. The van der Waals surface area contributed by atoms with Gasteiger partial charge in [-0.1, -0.05) is 0 Å². The Morgan fingerprint density at radius 2 is 1.70 bits per heavy atom. The van der Waals surface area contributed by atoms with Crippen molar-refractivity contribution in [3.63, 3.8) is 0 Å². The first-order valence-corrected chi connectivity index (χ1v) is 8.37. The number of aromatic nitrogens is 2. The normalized spacial score (nSPS) is 9.96. The minimum Gasteiger partial charge on any atom is -0.434 e. The summed E-state index contributed by atoms with van der Waals surface area (Å²) in [5, 5.41) is 5.44. The number of benzene rings is 1. The van der Waals surface area contributed by atoms with Gasteiger partial charge in [-0.15, -0.1) is 0 Å². The summed E-state index contributed by atoms with van der Waals surface area (Å²) in [4.78, 5) is 42.7. The molecule has 2 amide bonds. The average Bonchev–Trinajstić information content (AvgIpc) is 2.69. The number of rotatable bonds is 8. The van der Waals surface area contributed by atoms with Crippen molar-refractivity contribution >= 4 is 18.0 Å². The highest BCUT2D eigenvalue weighted by molar-refractivity contribution is 5.94. The zero-order valence-electron chi connectivity index (χ0n) is 14.8. The van der Waals surface area contributed by atoms with Crippen molar-refractivity contribution in [2.24, 2.45) is 0 Å². The maximum atomic E-state index is 12.1. The highest BCUT2D eigenvalue weighted by atomic mass is 16.7. The van der Waals surface area contributed by atoms with Gasteiger partial charge in [0, 0.05) is 31.0 Å². The van der Waals surface area contributed by atoms with Crippen molar-refractivity contribution < 1.29 is 23.9 Å². The molecular weight excluding hydrogens is 352 g/mol. The molecule has 0 atom stereocenters. The molecule has 0 unspecified atom stereocenters. The van der Waals surface area contributed by atoms with Gasteiger partial charge >= 0.3 is 6.16 Å². The van der Waals surface area contributed by atoms with Gasteiger partial charge in [0.15, 0.2) is 0 Å². The van der Waals surface area contributed by atoms with Crippen LogP contribution < -0.4 is 15.4 Å². The Bertz CT molecular complexity index is 765. The van der Waals surface area contributed by atoms with Gasteiger partial charge in [-0.25, -0.2) is 9.78 Å². The van der Waals surface area contributed by atoms with E-state index >= 15 is 0 Å². The molecule has 0 saturated heterocycles. The minimum absolute atomic E-state index is 0.221. The fourth-order valence-electron chi connectivity index (χ4n) is 2.02. The van der Waals surface area contributed by atoms with E-state index in [1.807, 2.05) is 0 Å². The molecule has 0 aliphatic rings. The van der Waals surface area contributed by atoms with Crippen molar-refractivity contribution in [1.29, 1.82) is 0 Å². The summed E-state index contributed by atoms with van der Waals surface area (Å²) in [6.07, 6.45) is 4.08. The molecule has 0 bridgehead atoms. The SMILES string of the molecule is CCOC(=O)Oc1ccc(C(=O)NCCCNC(=O)c2cnccn2)cc1. The molecule has 2 rings (SSSR count). The molecule has 1 aromatic heterocycles. The highest BCUT2D eigenvalue weighted by Crippen LogP contribution is 2.12. The molecule has 0 radical (unpaired) electrons. The van der Waals surface area contributed by atoms with E-state index in [0.29, 0.717) is 25.1 Å². The number of ether oxygens (including phenoxy) is 2. The van der Waals surface area contributed by atoms with Crippen LogP contribution in [0, 0.1) is 0 Å². The van der Waals surface area contributed by atoms with Crippen LogP contribution in [0.2, 0.25) is 0 Å². The summed E-state index contributed by atoms with van der Waals surface area (Å²) in [5.41, 5.74) is 0.668. The first-order chi connectivity index (χ1) is 13.1. The van der Waals surface area contributed by atoms with Gasteiger partial charge in [-0.3, -0.25) is 14.6 Å². The number of hydrogen-bond acceptors (Lipinski definition) is 7. The standard InChI is InChI=1S/C18H20N4O5/c1-2-26-18(25)27-14-6-4-13(5-7-14)16(23)21-8-3-9-22-17(24)15-12-19-10-11-20-15/h4-7,10-12H,2-3,8-9H2,1H3,(H,21,23)(H,22,24). The van der Waals surface area contributed by atoms with Crippen LogP contribution in [-0.2, 0) is 4.74 Å². The van der Waals surface area contributed by atoms with Crippen LogP contribution in [0.1, 0.15) is 34.2 Å². The maximum absolute atomic E-state index is 12.1. The third-order valence-electron chi connectivity index (χ3n) is 3.30. The summed E-state index contributed by atoms with van der Waals surface area (Å²) >= 11 is 0. The molecule has 1 aromatic carbocycles. The number of nitrogens with one attached hydrogen (secondary N) is 2. The quantitative estimate of drug-likeness (QED) is 0.410. The number of carbonyl (C=O) groups is 3. The monoisotopic (exact) mass is 372 g/mol. The molecule has 0 spiro atoms. The summed E-state index contributed by atoms with van der Waals surface area (Å²) in [6, 6.07) is 6.10. The number of carbonyl (C=O) groups excluding carboxylic acids is 3. The zero-order chi connectivity index (χ0) is 19.5. The van der Waals surface area contributed by atoms with Crippen molar-refractivity contribution in [2.75, 3.05) is 19.7 Å². The molecule has 0 aliphatic carbocycles. The van der Waals surface area contributed by atoms with Crippen LogP contribution in [-0.4, -0.2) is 47.6 Å². The Kier molecular flexibility index (Phi) is 7.70. The van der Waals surface area contributed by atoms with E-state index in [-0.39, 0.29) is 29.9 Å². The van der Waals surface area contributed by atoms with E-state index in [1.165, 1.54) is 30.7 Å². The number of nitrogens with zero attached hydrogens (tertiary/aromatic N) is 2. The number of hydrogen-bond donors (Lipinski definition) is 2. The van der Waals surface area contributed by atoms with E-state index < -0.39 is 6.16 Å². The molecule has 2 N–H and O–H groups in total. The minimum atomic E-state index is -0.793. The zero-order valence-corrected chi connectivity index (χ0v) is 14.8. The van der Waals surface area contributed by atoms with Crippen LogP contribution in [0.3, 0.4) is 0 Å². The third kappa shape index (κ3) is 6.73. The average molecular weight is 372 g/mol. The lowest BCUT2D eigenvalue weighted by Crippen LogP contribution is -2.30. The Balaban J connectivity index is 1.68. The second-order valence-corrected chi connectivity index (χ2v) is 5.27. The maximum Gasteiger partial charge on any atom is 0.513 e. The van der Waals surface area contributed by atoms with Crippen molar-refractivity contribution in [2.45, 2.75) is 13.3 Å². The molecule has 1 heterocycles. The molecule has 0 fully saturated rings. The highest BCUT2D eigenvalue weighted by Gasteiger charge is 2.09. The van der Waals surface area contributed by atoms with Gasteiger partial charge in [0.2, 0.25) is 0 Å². The molecule has 9 nitrogen and oxygen atoms in total. The fourth-order valence-corrected chi connectivity index (χ4v) is 2.02. The van der Waals surface area contributed by atoms with Gasteiger partial charge in [0.1, 0.15) is 11.4 Å². The molecule has 9 heteroatoms. The first-order valence-electron chi connectivity index (χ1n) is 8.37. The summed E-state index contributed by atoms with van der Waals surface area (Å²) in [5.74, 6) is -0.290. The lowest BCUT2D eigenvalue weighted by atomic mass is 10.2. The third-order valence-corrected chi connectivity index (χ3v) is 3.30. The molecule has 27 heavy (non-hydrogen) atoms. The van der Waals surface area contributed by atoms with E-state index in [4.69, 9.17) is 4.74 Å². The van der Waals surface area contributed by atoms with Crippen LogP contribution in [0.5, 0.6) is 5.75 Å². The lowest BCUT2D eigenvalue weighted by Gasteiger charge is -2.07. The lowest BCUT2D eigenvalue weighted by molar-refractivity contribution is 0.0946. The molecule has 2 aromatic rings. The van der Waals surface area contributed by atoms with Crippen LogP contribution >= 0.6 is 0 Å². The summed E-state index contributed by atoms with van der Waals surface area (Å²) in [6.45, 7) is 2.68. The van der Waals surface area contributed by atoms with Crippen LogP contribution in [0.15, 0.2) is 42.9 Å². The van der Waals surface area contributed by atoms with E-state index in [2.05, 4.69) is 25.3 Å². The van der Waals surface area contributed by atoms with Gasteiger partial charge in [-0.2, -0.15) is 0 Å². The Labute approximate surface area is 156 Å². The molecule has 0 aliphatic heterocycles. The van der Waals surface area contributed by atoms with E-state index in [0.717, 1.165) is 0 Å². The molecular formula is C18H20N4O5. The van der Waals surface area contributed by atoms with Crippen molar-refractivity contribution in [1.82, 2.24) is 20.6 Å². The predicted octanol–water partition coefficient (Wildman–Crippen LogP) is 1.56. The van der Waals surface area contributed by atoms with Gasteiger partial charge < -0.3 is 20.1 Å². The Hall–Kier alpha value is -3.49. The first kappa shape index (κ1) is 19.8. The van der Waals surface area contributed by atoms with Gasteiger partial charge in [0.25, 0.3) is 11.8 Å². The smallest absolute Gasteiger partial charge is 0.434 e. The molecule has 0 saturated carbocycles. The largest absolute Gasteiger partial charge is 0.513 e. The van der Waals surface area contributed by atoms with Crippen molar-refractivity contribution in [3.05, 3.63) is 54.1 Å².